The molecule has 3 nitrogen and oxygen atoms in total. The first-order chi connectivity index (χ1) is 13.5. The van der Waals surface area contributed by atoms with Crippen LogP contribution in [0.2, 0.25) is 0 Å². The molecule has 1 aromatic carbocycles. The number of pyridine rings is 2. The first-order valence-electron chi connectivity index (χ1n) is 10.3. The first kappa shape index (κ1) is 11.8. The Bertz CT molecular complexity index is 1250. The quantitative estimate of drug-likeness (QED) is 0.471. The Labute approximate surface area is 153 Å². The van der Waals surface area contributed by atoms with Crippen molar-refractivity contribution in [3.8, 4) is 11.3 Å². The van der Waals surface area contributed by atoms with E-state index in [9.17, 15) is 0 Å². The van der Waals surface area contributed by atoms with Crippen LogP contribution in [-0.4, -0.2) is 4.98 Å². The van der Waals surface area contributed by atoms with E-state index in [-0.39, 0.29) is 0 Å². The lowest BCUT2D eigenvalue weighted by Crippen LogP contribution is -2.31. The van der Waals surface area contributed by atoms with Crippen molar-refractivity contribution < 1.29 is 14.5 Å². The molecule has 3 heterocycles. The van der Waals surface area contributed by atoms with Crippen LogP contribution >= 0.6 is 0 Å². The van der Waals surface area contributed by atoms with Crippen LogP contribution in [0.3, 0.4) is 0 Å². The third kappa shape index (κ3) is 2.51. The molecule has 4 rings (SSSR count). The van der Waals surface area contributed by atoms with Crippen molar-refractivity contribution >= 4 is 22.1 Å². The van der Waals surface area contributed by atoms with Crippen molar-refractivity contribution in [1.29, 1.82) is 0 Å². The van der Waals surface area contributed by atoms with Crippen molar-refractivity contribution in [3.05, 3.63) is 59.4 Å². The number of benzene rings is 1. The van der Waals surface area contributed by atoms with Gasteiger partial charge in [0.2, 0.25) is 11.4 Å². The molecule has 0 bridgehead atoms. The predicted molar refractivity (Wildman–Crippen MR) is 102 cm³/mol. The highest BCUT2D eigenvalue weighted by Crippen LogP contribution is 2.36. The second kappa shape index (κ2) is 5.69. The zero-order valence-electron chi connectivity index (χ0n) is 18.8. The summed E-state index contributed by atoms with van der Waals surface area (Å²) in [4.78, 5) is 4.58. The highest BCUT2D eigenvalue weighted by atomic mass is 16.3. The third-order valence-corrected chi connectivity index (χ3v) is 4.62. The Kier molecular flexibility index (Phi) is 2.69. The minimum Gasteiger partial charge on any atom is -0.437 e. The lowest BCUT2D eigenvalue weighted by atomic mass is 10.0. The Morgan fingerprint density at radius 3 is 2.64 bits per heavy atom. The van der Waals surface area contributed by atoms with Gasteiger partial charge in [0.15, 0.2) is 11.8 Å². The van der Waals surface area contributed by atoms with Gasteiger partial charge in [-0.1, -0.05) is 26.0 Å². The van der Waals surface area contributed by atoms with E-state index < -0.39 is 12.7 Å². The summed E-state index contributed by atoms with van der Waals surface area (Å²) in [7, 11) is 1.84. The molecular weight excluding hydrogens is 308 g/mol. The number of aromatic nitrogens is 2. The molecule has 3 heteroatoms. The number of furan rings is 1. The molecule has 0 atom stereocenters. The van der Waals surface area contributed by atoms with Gasteiger partial charge < -0.3 is 4.42 Å². The molecule has 0 saturated carbocycles. The van der Waals surface area contributed by atoms with E-state index in [2.05, 4.69) is 4.98 Å². The fraction of sp³-hybridized carbons (Fsp3) is 0.273. The van der Waals surface area contributed by atoms with Crippen molar-refractivity contribution in [2.75, 3.05) is 0 Å². The molecule has 0 aliphatic rings. The monoisotopic (exact) mass is 335 g/mol. The van der Waals surface area contributed by atoms with Crippen LogP contribution in [0.15, 0.2) is 47.0 Å². The number of hydrogen-bond acceptors (Lipinski definition) is 2. The van der Waals surface area contributed by atoms with Crippen molar-refractivity contribution in [2.45, 2.75) is 33.5 Å². The molecule has 126 valence electrons. The van der Waals surface area contributed by atoms with E-state index in [0.717, 1.165) is 27.6 Å². The lowest BCUT2D eigenvalue weighted by Gasteiger charge is -2.05. The molecule has 0 aliphatic carbocycles. The van der Waals surface area contributed by atoms with Crippen LogP contribution in [-0.2, 0) is 7.05 Å². The minimum atomic E-state index is -2.15. The Morgan fingerprint density at radius 1 is 1.12 bits per heavy atom. The van der Waals surface area contributed by atoms with Crippen LogP contribution < -0.4 is 4.57 Å². The van der Waals surface area contributed by atoms with Gasteiger partial charge in [0, 0.05) is 33.6 Å². The van der Waals surface area contributed by atoms with Gasteiger partial charge in [0.1, 0.15) is 7.05 Å². The molecule has 0 saturated heterocycles. The SMILES string of the molecule is [2H]C([2H])([2H])c1ccc(-c2c(C)ccc3c2oc2nc(C([2H])(C)C)ccc23)[n+](C)c1. The molecule has 0 spiro atoms. The van der Waals surface area contributed by atoms with Crippen molar-refractivity contribution in [2.24, 2.45) is 7.05 Å². The molecule has 0 radical (unpaired) electrons. The highest BCUT2D eigenvalue weighted by Gasteiger charge is 2.21. The summed E-state index contributed by atoms with van der Waals surface area (Å²) in [5, 5.41) is 1.85. The first-order valence-corrected chi connectivity index (χ1v) is 8.31. The summed E-state index contributed by atoms with van der Waals surface area (Å²) in [5.41, 5.74) is 4.95. The van der Waals surface area contributed by atoms with E-state index in [0.29, 0.717) is 22.6 Å². The topological polar surface area (TPSA) is 29.9 Å². The molecule has 25 heavy (non-hydrogen) atoms. The largest absolute Gasteiger partial charge is 0.437 e. The number of hydrogen-bond donors (Lipinski definition) is 0. The summed E-state index contributed by atoms with van der Waals surface area (Å²) in [5.74, 6) is -0.816. The summed E-state index contributed by atoms with van der Waals surface area (Å²) in [6.07, 6.45) is 1.64. The van der Waals surface area contributed by atoms with Crippen LogP contribution in [0.5, 0.6) is 0 Å². The van der Waals surface area contributed by atoms with Crippen LogP contribution in [0.4, 0.5) is 0 Å². The number of nitrogens with zero attached hydrogens (tertiary/aromatic N) is 2. The van der Waals surface area contributed by atoms with Gasteiger partial charge in [-0.2, -0.15) is 0 Å². The van der Waals surface area contributed by atoms with Crippen molar-refractivity contribution in [1.82, 2.24) is 4.98 Å². The van der Waals surface area contributed by atoms with Gasteiger partial charge >= 0.3 is 0 Å². The van der Waals surface area contributed by atoms with Crippen molar-refractivity contribution in [3.63, 3.8) is 0 Å². The lowest BCUT2D eigenvalue weighted by molar-refractivity contribution is -0.660. The molecule has 4 aromatic rings. The summed E-state index contributed by atoms with van der Waals surface area (Å²) >= 11 is 0. The van der Waals surface area contributed by atoms with Crippen LogP contribution in [0.25, 0.3) is 33.3 Å². The highest BCUT2D eigenvalue weighted by molar-refractivity contribution is 6.08. The Hall–Kier alpha value is -2.68. The molecule has 0 aliphatic heterocycles. The van der Waals surface area contributed by atoms with E-state index >= 15 is 0 Å². The predicted octanol–water partition coefficient (Wildman–Crippen LogP) is 5.21. The van der Waals surface area contributed by atoms with Gasteiger partial charge in [0.05, 0.1) is 5.56 Å². The van der Waals surface area contributed by atoms with Gasteiger partial charge in [-0.05, 0) is 43.4 Å². The zero-order valence-corrected chi connectivity index (χ0v) is 14.8. The standard InChI is InChI=1S/C22H23N2O/c1-13(2)18-10-9-17-16-8-7-15(4)20(21(16)25-22(17)23-18)19-11-6-14(3)12-24(19)5/h6-13H,1-5H3/q+1/i3D3,13D. The van der Waals surface area contributed by atoms with Gasteiger partial charge in [-0.3, -0.25) is 0 Å². The maximum absolute atomic E-state index is 8.24. The molecule has 3 aromatic heterocycles. The molecule has 0 amide bonds. The number of fused-ring (bicyclic) bond motifs is 3. The Balaban J connectivity index is 1.99. The molecule has 0 unspecified atom stereocenters. The minimum absolute atomic E-state index is 0.294. The maximum Gasteiger partial charge on any atom is 0.227 e. The normalized spacial score (nSPS) is 15.0. The number of rotatable bonds is 2. The average molecular weight is 335 g/mol. The van der Waals surface area contributed by atoms with Gasteiger partial charge in [0.25, 0.3) is 0 Å². The maximum atomic E-state index is 8.24. The smallest absolute Gasteiger partial charge is 0.227 e. The van der Waals surface area contributed by atoms with Crippen LogP contribution in [0.1, 0.15) is 42.0 Å². The number of aryl methyl sites for hydroxylation is 3. The van der Waals surface area contributed by atoms with Gasteiger partial charge in [-0.25, -0.2) is 9.55 Å². The van der Waals surface area contributed by atoms with Gasteiger partial charge in [-0.15, -0.1) is 0 Å². The molecule has 0 fully saturated rings. The summed E-state index contributed by atoms with van der Waals surface area (Å²) < 4.78 is 39.2. The summed E-state index contributed by atoms with van der Waals surface area (Å²) in [6, 6.07) is 11.3. The second-order valence-electron chi connectivity index (χ2n) is 6.70. The Morgan fingerprint density at radius 2 is 1.92 bits per heavy atom. The fourth-order valence-corrected chi connectivity index (χ4v) is 3.28. The van der Waals surface area contributed by atoms with E-state index in [1.807, 2.05) is 48.9 Å². The average Bonchev–Trinajstić information content (AvgIpc) is 2.98. The van der Waals surface area contributed by atoms with E-state index in [1.165, 1.54) is 0 Å². The van der Waals surface area contributed by atoms with E-state index in [1.54, 1.807) is 26.1 Å². The molecule has 0 N–H and O–H groups in total. The van der Waals surface area contributed by atoms with Crippen LogP contribution in [0, 0.1) is 13.8 Å². The molecular formula is C22H23N2O+. The summed E-state index contributed by atoms with van der Waals surface area (Å²) in [6.45, 7) is 3.45. The fourth-order valence-electron chi connectivity index (χ4n) is 3.28. The zero-order chi connectivity index (χ0) is 21.1. The van der Waals surface area contributed by atoms with E-state index in [4.69, 9.17) is 9.90 Å². The second-order valence-corrected chi connectivity index (χ2v) is 6.70. The third-order valence-electron chi connectivity index (χ3n) is 4.62.